The zero-order valence-electron chi connectivity index (χ0n) is 10.8. The van der Waals surface area contributed by atoms with Gasteiger partial charge >= 0.3 is 0 Å². The Labute approximate surface area is 117 Å². The molecule has 0 spiro atoms. The average molecular weight is 313 g/mol. The average Bonchev–Trinajstić information content (AvgIpc) is 2.34. The predicted molar refractivity (Wildman–Crippen MR) is 80.6 cm³/mol. The third-order valence-corrected chi connectivity index (χ3v) is 3.51. The highest BCUT2D eigenvalue weighted by Gasteiger charge is 2.03. The van der Waals surface area contributed by atoms with Crippen molar-refractivity contribution >= 4 is 33.2 Å². The molecule has 4 heteroatoms. The molecule has 18 heavy (non-hydrogen) atoms. The Kier molecular flexibility index (Phi) is 6.80. The zero-order chi connectivity index (χ0) is 13.4. The van der Waals surface area contributed by atoms with E-state index in [-0.39, 0.29) is 5.91 Å². The third-order valence-electron chi connectivity index (χ3n) is 2.79. The second-order valence-electron chi connectivity index (χ2n) is 4.45. The summed E-state index contributed by atoms with van der Waals surface area (Å²) in [4.78, 5) is 11.7. The molecule has 0 saturated carbocycles. The van der Waals surface area contributed by atoms with Crippen LogP contribution in [0.4, 0.5) is 11.4 Å². The third kappa shape index (κ3) is 5.54. The van der Waals surface area contributed by atoms with Gasteiger partial charge in [0.1, 0.15) is 0 Å². The topological polar surface area (TPSA) is 55.1 Å². The molecule has 1 amide bonds. The molecule has 0 aliphatic rings. The van der Waals surface area contributed by atoms with Crippen molar-refractivity contribution in [1.82, 2.24) is 0 Å². The lowest BCUT2D eigenvalue weighted by atomic mass is 10.1. The Balaban J connectivity index is 2.29. The van der Waals surface area contributed by atoms with Crippen LogP contribution in [0, 0.1) is 0 Å². The number of anilines is 2. The molecule has 0 aliphatic carbocycles. The highest BCUT2D eigenvalue weighted by atomic mass is 79.9. The van der Waals surface area contributed by atoms with Crippen LogP contribution in [-0.4, -0.2) is 5.91 Å². The lowest BCUT2D eigenvalue weighted by molar-refractivity contribution is -0.116. The zero-order valence-corrected chi connectivity index (χ0v) is 12.4. The summed E-state index contributed by atoms with van der Waals surface area (Å²) in [6.07, 6.45) is 6.37. The maximum Gasteiger partial charge on any atom is 0.224 e. The van der Waals surface area contributed by atoms with E-state index in [1.165, 1.54) is 19.3 Å². The first-order valence-electron chi connectivity index (χ1n) is 6.48. The van der Waals surface area contributed by atoms with Crippen LogP contribution in [0.5, 0.6) is 0 Å². The van der Waals surface area contributed by atoms with E-state index in [1.54, 1.807) is 6.07 Å². The van der Waals surface area contributed by atoms with Crippen LogP contribution in [0.1, 0.15) is 45.4 Å². The molecule has 100 valence electrons. The van der Waals surface area contributed by atoms with Crippen molar-refractivity contribution in [3.8, 4) is 0 Å². The number of nitrogens with two attached hydrogens (primary N) is 1. The fraction of sp³-hybridized carbons (Fsp3) is 0.500. The minimum atomic E-state index is 0.0632. The second-order valence-corrected chi connectivity index (χ2v) is 5.30. The number of carbonyl (C=O) groups excluding carboxylic acids is 1. The van der Waals surface area contributed by atoms with Gasteiger partial charge in [0.15, 0.2) is 0 Å². The Morgan fingerprint density at radius 3 is 2.67 bits per heavy atom. The van der Waals surface area contributed by atoms with Crippen LogP contribution in [0.2, 0.25) is 0 Å². The molecule has 0 saturated heterocycles. The maximum absolute atomic E-state index is 11.7. The molecule has 0 unspecified atom stereocenters. The monoisotopic (exact) mass is 312 g/mol. The number of carbonyl (C=O) groups is 1. The van der Waals surface area contributed by atoms with Gasteiger partial charge in [-0.1, -0.05) is 32.6 Å². The summed E-state index contributed by atoms with van der Waals surface area (Å²) < 4.78 is 0.847. The summed E-state index contributed by atoms with van der Waals surface area (Å²) in [6.45, 7) is 2.19. The number of nitrogens with one attached hydrogen (secondary N) is 1. The van der Waals surface area contributed by atoms with Crippen LogP contribution < -0.4 is 11.1 Å². The van der Waals surface area contributed by atoms with Crippen LogP contribution in [0.15, 0.2) is 22.7 Å². The number of unbranched alkanes of at least 4 members (excludes halogenated alkanes) is 4. The van der Waals surface area contributed by atoms with Crippen molar-refractivity contribution in [1.29, 1.82) is 0 Å². The number of halogens is 1. The van der Waals surface area contributed by atoms with Crippen molar-refractivity contribution in [3.05, 3.63) is 22.7 Å². The molecule has 0 aromatic heterocycles. The maximum atomic E-state index is 11.7. The Morgan fingerprint density at radius 2 is 2.00 bits per heavy atom. The standard InChI is InChI=1S/C14H21BrN2O/c1-2-3-4-5-6-7-14(18)17-11-8-9-12(15)13(16)10-11/h8-10H,2-7,16H2,1H3,(H,17,18). The summed E-state index contributed by atoms with van der Waals surface area (Å²) in [5, 5.41) is 2.86. The van der Waals surface area contributed by atoms with Crippen LogP contribution in [-0.2, 0) is 4.79 Å². The molecule has 0 aliphatic heterocycles. The van der Waals surface area contributed by atoms with Gasteiger partial charge in [0, 0.05) is 22.3 Å². The Hall–Kier alpha value is -1.03. The first kappa shape index (κ1) is 15.0. The quantitative estimate of drug-likeness (QED) is 0.581. The number of hydrogen-bond acceptors (Lipinski definition) is 2. The van der Waals surface area contributed by atoms with Gasteiger partial charge in [-0.15, -0.1) is 0 Å². The minimum absolute atomic E-state index is 0.0632. The van der Waals surface area contributed by atoms with E-state index in [0.29, 0.717) is 12.1 Å². The van der Waals surface area contributed by atoms with E-state index in [1.807, 2.05) is 12.1 Å². The fourth-order valence-electron chi connectivity index (χ4n) is 1.73. The summed E-state index contributed by atoms with van der Waals surface area (Å²) in [7, 11) is 0. The largest absolute Gasteiger partial charge is 0.398 e. The summed E-state index contributed by atoms with van der Waals surface area (Å²) >= 11 is 3.32. The summed E-state index contributed by atoms with van der Waals surface area (Å²) in [6, 6.07) is 5.45. The molecule has 3 N–H and O–H groups in total. The van der Waals surface area contributed by atoms with Crippen molar-refractivity contribution in [2.24, 2.45) is 0 Å². The normalized spacial score (nSPS) is 10.3. The molecule has 3 nitrogen and oxygen atoms in total. The lowest BCUT2D eigenvalue weighted by Gasteiger charge is -2.07. The highest BCUT2D eigenvalue weighted by molar-refractivity contribution is 9.10. The second kappa shape index (κ2) is 8.14. The van der Waals surface area contributed by atoms with Crippen LogP contribution >= 0.6 is 15.9 Å². The van der Waals surface area contributed by atoms with Crippen molar-refractivity contribution in [2.45, 2.75) is 45.4 Å². The summed E-state index contributed by atoms with van der Waals surface area (Å²) in [5.41, 5.74) is 7.15. The van der Waals surface area contributed by atoms with Gasteiger partial charge in [-0.25, -0.2) is 0 Å². The van der Waals surface area contributed by atoms with Crippen molar-refractivity contribution in [3.63, 3.8) is 0 Å². The number of benzene rings is 1. The predicted octanol–water partition coefficient (Wildman–Crippen LogP) is 4.33. The molecule has 1 aromatic rings. The first-order chi connectivity index (χ1) is 8.63. The Bertz CT molecular complexity index is 393. The van der Waals surface area contributed by atoms with E-state index in [2.05, 4.69) is 28.2 Å². The van der Waals surface area contributed by atoms with Gasteiger partial charge in [0.05, 0.1) is 0 Å². The van der Waals surface area contributed by atoms with Crippen LogP contribution in [0.25, 0.3) is 0 Å². The number of amides is 1. The van der Waals surface area contributed by atoms with E-state index in [0.717, 1.165) is 23.0 Å². The van der Waals surface area contributed by atoms with E-state index < -0.39 is 0 Å². The lowest BCUT2D eigenvalue weighted by Crippen LogP contribution is -2.11. The molecule has 1 rings (SSSR count). The van der Waals surface area contributed by atoms with Crippen molar-refractivity contribution in [2.75, 3.05) is 11.1 Å². The van der Waals surface area contributed by atoms with Crippen LogP contribution in [0.3, 0.4) is 0 Å². The molecule has 0 radical (unpaired) electrons. The highest BCUT2D eigenvalue weighted by Crippen LogP contribution is 2.23. The van der Waals surface area contributed by atoms with Crippen molar-refractivity contribution < 1.29 is 4.79 Å². The molecule has 0 atom stereocenters. The smallest absolute Gasteiger partial charge is 0.224 e. The molecular weight excluding hydrogens is 292 g/mol. The van der Waals surface area contributed by atoms with Gasteiger partial charge in [0.25, 0.3) is 0 Å². The van der Waals surface area contributed by atoms with Gasteiger partial charge in [-0.2, -0.15) is 0 Å². The summed E-state index contributed by atoms with van der Waals surface area (Å²) in [5.74, 6) is 0.0632. The van der Waals surface area contributed by atoms with Gasteiger partial charge in [-0.05, 0) is 40.5 Å². The van der Waals surface area contributed by atoms with E-state index >= 15 is 0 Å². The Morgan fingerprint density at radius 1 is 1.28 bits per heavy atom. The molecule has 1 aromatic carbocycles. The minimum Gasteiger partial charge on any atom is -0.398 e. The first-order valence-corrected chi connectivity index (χ1v) is 7.27. The molecule has 0 bridgehead atoms. The number of rotatable bonds is 7. The fourth-order valence-corrected chi connectivity index (χ4v) is 1.98. The van der Waals surface area contributed by atoms with Gasteiger partial charge < -0.3 is 11.1 Å². The van der Waals surface area contributed by atoms with E-state index in [4.69, 9.17) is 5.73 Å². The molecular formula is C14H21BrN2O. The SMILES string of the molecule is CCCCCCCC(=O)Nc1ccc(Br)c(N)c1. The van der Waals surface area contributed by atoms with Gasteiger partial charge in [-0.3, -0.25) is 4.79 Å². The van der Waals surface area contributed by atoms with E-state index in [9.17, 15) is 4.79 Å². The molecule has 0 fully saturated rings. The van der Waals surface area contributed by atoms with Gasteiger partial charge in [0.2, 0.25) is 5.91 Å². The number of nitrogen functional groups attached to an aromatic ring is 1. The molecule has 0 heterocycles. The number of hydrogen-bond donors (Lipinski definition) is 2.